The summed E-state index contributed by atoms with van der Waals surface area (Å²) in [6, 6.07) is 53.8. The molecule has 0 radical (unpaired) electrons. The summed E-state index contributed by atoms with van der Waals surface area (Å²) in [6.07, 6.45) is 36.5. The average Bonchev–Trinajstić information content (AvgIpc) is 1.68. The van der Waals surface area contributed by atoms with Crippen LogP contribution in [0.2, 0.25) is 20.2 Å². The molecule has 6 aromatic heterocycles. The van der Waals surface area contributed by atoms with Crippen molar-refractivity contribution in [2.45, 2.75) is 217 Å². The zero-order chi connectivity index (χ0) is 88.8. The van der Waals surface area contributed by atoms with Gasteiger partial charge in [0.25, 0.3) is 0 Å². The van der Waals surface area contributed by atoms with Crippen LogP contribution in [0.3, 0.4) is 0 Å². The summed E-state index contributed by atoms with van der Waals surface area (Å²) >= 11 is 24.6. The van der Waals surface area contributed by atoms with Crippen LogP contribution in [0.1, 0.15) is 184 Å². The highest BCUT2D eigenvalue weighted by Crippen LogP contribution is 2.55. The average molecular weight is 1820 g/mol. The molecule has 10 fully saturated rings. The first-order valence-electron chi connectivity index (χ1n) is 46.1. The molecule has 7 saturated carbocycles. The van der Waals surface area contributed by atoms with E-state index in [2.05, 4.69) is 81.6 Å². The summed E-state index contributed by atoms with van der Waals surface area (Å²) < 4.78 is 16.1. The van der Waals surface area contributed by atoms with E-state index in [1.165, 1.54) is 109 Å². The van der Waals surface area contributed by atoms with E-state index in [0.29, 0.717) is 107 Å². The van der Waals surface area contributed by atoms with Gasteiger partial charge in [-0.15, -0.1) is 0 Å². The van der Waals surface area contributed by atoms with Crippen molar-refractivity contribution in [3.8, 4) is 33.8 Å². The minimum Gasteiger partial charge on any atom is -0.445 e. The topological polar surface area (TPSA) is 349 Å². The lowest BCUT2D eigenvalue weighted by Crippen LogP contribution is -2.59. The highest BCUT2D eigenvalue weighted by molar-refractivity contribution is 6.34. The van der Waals surface area contributed by atoms with Gasteiger partial charge in [-0.05, 0) is 203 Å². The van der Waals surface area contributed by atoms with E-state index in [-0.39, 0.29) is 36.3 Å². The number of amides is 3. The maximum atomic E-state index is 12.4. The second-order valence-corrected chi connectivity index (χ2v) is 38.3. The van der Waals surface area contributed by atoms with Crippen molar-refractivity contribution in [1.82, 2.24) is 81.8 Å². The summed E-state index contributed by atoms with van der Waals surface area (Å²) in [4.78, 5) is 67.9. The molecule has 9 heterocycles. The van der Waals surface area contributed by atoms with E-state index in [0.717, 1.165) is 171 Å². The fraction of sp³-hybridized carbons (Fsp3) is 0.455. The second-order valence-electron chi connectivity index (χ2n) is 36.7. The molecule has 30 heteroatoms. The number of halogens is 4. The summed E-state index contributed by atoms with van der Waals surface area (Å²) in [7, 11) is 0. The third-order valence-electron chi connectivity index (χ3n) is 29.6. The van der Waals surface area contributed by atoms with Crippen molar-refractivity contribution >= 4 is 110 Å². The standard InChI is InChI=1S/C27H27ClN6O2.C19H21ClN6.C17H23NO2.C16H22N2O2.C11H6Cl2N4.C9H17N/c28-20-9-5-4-8-19(20)23-24-25(33-32-23)31-22(16-29-24)34-14-12-27(13-15-34)11-10-21(27)30-26(35)36-17-18-6-2-1-3-7-18;20-13-4-2-1-3-12(13)16-17-18(25-24-16)23-15(11-22-17)26-9-7-19(8-10-26)6-5-14(19)21;19-16(20-13-14-7-3-1-4-8-14)18-15-9-12-17(15)10-5-2-6-11-17;19-15(20-12-13-4-2-1-3-5-13)18-14-6-7-16(14)8-10-17-11-9-16;12-7-4-2-1-3-6(7)9-10-11(17-16-9)15-8(13)5-14-10;10-8-4-7-9(8)5-2-1-3-6-9/h1-9,16,21H,10-15,17H2,(H,30,35)(H,31,32,33);1-4,11,14H,5-10,21H2,(H,23,24,25);1,3-4,7-8,15H,2,5-6,9-13H2,(H,18,19);1-5,14,17H,6-12H2,(H,18,19);1-5H,(H,15,16,17);8H,1-7,10H2. The molecule has 5 unspecified atom stereocenters. The van der Waals surface area contributed by atoms with Gasteiger partial charge >= 0.3 is 18.3 Å². The lowest BCUT2D eigenvalue weighted by atomic mass is 9.57. The van der Waals surface area contributed by atoms with Gasteiger partial charge in [-0.2, -0.15) is 15.3 Å². The molecule has 5 atom stereocenters. The SMILES string of the molecule is Clc1cnc2c(-c3ccccc3Cl)[nH]nc2n1.NC1CCC12CCCCC2.NC1CCC12CCN(c1cnc3c(-c4ccccc4Cl)[nH]nc3n1)CC2.O=C(NC1CCC12CCCCC2)OCc1ccccc1.O=C(NC1CCC12CCN(c1cnc3c(-c4ccccc4Cl)[nH]nc3n1)CC2)OCc1ccccc1.O=C(NC1CCC12CCNCC2)OCc1ccccc1. The number of nitrogens with one attached hydrogen (secondary N) is 7. The molecule has 11 N–H and O–H groups in total. The van der Waals surface area contributed by atoms with Crippen LogP contribution in [0, 0.1) is 27.1 Å². The molecule has 3 saturated heterocycles. The van der Waals surface area contributed by atoms with Gasteiger partial charge in [-0.25, -0.2) is 44.3 Å². The normalized spacial score (nSPS) is 21.4. The van der Waals surface area contributed by atoms with Gasteiger partial charge in [-0.3, -0.25) is 15.3 Å². The fourth-order valence-corrected chi connectivity index (χ4v) is 21.8. The third-order valence-corrected chi connectivity index (χ3v) is 30.8. The molecule has 7 aliphatic carbocycles. The minimum atomic E-state index is -0.338. The number of piperidine rings is 3. The van der Waals surface area contributed by atoms with Crippen LogP contribution in [0.4, 0.5) is 26.0 Å². The van der Waals surface area contributed by atoms with Gasteiger partial charge in [-0.1, -0.05) is 231 Å². The van der Waals surface area contributed by atoms with Crippen LogP contribution >= 0.6 is 46.4 Å². The number of fused-ring (bicyclic) bond motifs is 3. The van der Waals surface area contributed by atoms with Gasteiger partial charge in [0.1, 0.15) is 53.2 Å². The summed E-state index contributed by atoms with van der Waals surface area (Å²) in [5, 5.41) is 36.7. The van der Waals surface area contributed by atoms with Gasteiger partial charge in [0.2, 0.25) is 16.9 Å². The molecule has 5 spiro atoms. The van der Waals surface area contributed by atoms with E-state index < -0.39 is 0 Å². The van der Waals surface area contributed by atoms with Crippen LogP contribution < -0.4 is 42.5 Å². The quantitative estimate of drug-likeness (QED) is 0.0457. The molecule has 3 aliphatic heterocycles. The van der Waals surface area contributed by atoms with Gasteiger partial charge in [0.05, 0.1) is 50.7 Å². The van der Waals surface area contributed by atoms with E-state index >= 15 is 0 Å². The number of nitrogens with two attached hydrogens (primary N) is 2. The Bertz CT molecular complexity index is 5670. The van der Waals surface area contributed by atoms with Gasteiger partial charge < -0.3 is 56.7 Å². The van der Waals surface area contributed by atoms with Crippen LogP contribution in [0.15, 0.2) is 182 Å². The van der Waals surface area contributed by atoms with Crippen molar-refractivity contribution in [2.75, 3.05) is 49.1 Å². The summed E-state index contributed by atoms with van der Waals surface area (Å²) in [5.74, 6) is 1.71. The monoisotopic (exact) mass is 1820 g/mol. The van der Waals surface area contributed by atoms with E-state index in [4.69, 9.17) is 82.0 Å². The Morgan fingerprint density at radius 2 is 0.674 bits per heavy atom. The molecule has 0 bridgehead atoms. The summed E-state index contributed by atoms with van der Waals surface area (Å²) in [5.41, 5.74) is 25.8. The Morgan fingerprint density at radius 1 is 0.364 bits per heavy atom. The Kier molecular flexibility index (Phi) is 28.9. The smallest absolute Gasteiger partial charge is 0.407 e. The van der Waals surface area contributed by atoms with Crippen LogP contribution in [0.5, 0.6) is 0 Å². The van der Waals surface area contributed by atoms with Crippen molar-refractivity contribution in [1.29, 1.82) is 0 Å². The number of nitrogens with zero attached hydrogens (tertiary/aromatic N) is 11. The molecule has 26 nitrogen and oxygen atoms in total. The van der Waals surface area contributed by atoms with E-state index in [1.54, 1.807) is 0 Å². The highest BCUT2D eigenvalue weighted by Gasteiger charge is 2.52. The maximum Gasteiger partial charge on any atom is 0.407 e. The number of carbonyl (C=O) groups is 3. The number of carbonyl (C=O) groups excluding carboxylic acids is 3. The second kappa shape index (κ2) is 41.3. The van der Waals surface area contributed by atoms with Crippen molar-refractivity contribution in [3.63, 3.8) is 0 Å². The van der Waals surface area contributed by atoms with Crippen LogP contribution in [-0.2, 0) is 34.0 Å². The fourth-order valence-electron chi connectivity index (χ4n) is 21.0. The molecular weight excluding hydrogens is 1710 g/mol. The number of ether oxygens (including phenoxy) is 3. The number of anilines is 2. The Balaban J connectivity index is 0.000000113. The van der Waals surface area contributed by atoms with Crippen LogP contribution in [0.25, 0.3) is 67.3 Å². The zero-order valence-electron chi connectivity index (χ0n) is 73.0. The molecule has 3 amide bonds. The molecule has 22 rings (SSSR count). The number of hydrogen-bond acceptors (Lipinski definition) is 20. The Hall–Kier alpha value is -10.6. The molecular formula is C99H116Cl4N20O6. The number of alkyl carbamates (subject to hydrolysis) is 3. The molecule has 6 aromatic carbocycles. The molecule has 676 valence electrons. The lowest BCUT2D eigenvalue weighted by molar-refractivity contribution is 0.0197. The minimum absolute atomic E-state index is 0.128. The first-order valence-corrected chi connectivity index (χ1v) is 47.6. The van der Waals surface area contributed by atoms with Gasteiger partial charge in [0, 0.05) is 73.1 Å². The predicted octanol–water partition coefficient (Wildman–Crippen LogP) is 20.6. The number of H-pyrrole nitrogens is 3. The first kappa shape index (κ1) is 90.4. The lowest BCUT2D eigenvalue weighted by Gasteiger charge is -2.53. The summed E-state index contributed by atoms with van der Waals surface area (Å²) in [6.45, 7) is 6.80. The van der Waals surface area contributed by atoms with E-state index in [9.17, 15) is 14.4 Å². The molecule has 10 aliphatic rings. The van der Waals surface area contributed by atoms with E-state index in [1.807, 2.05) is 176 Å². The van der Waals surface area contributed by atoms with Crippen LogP contribution in [-0.4, -0.2) is 148 Å². The number of rotatable bonds is 14. The molecule has 129 heavy (non-hydrogen) atoms. The number of hydrogen-bond donors (Lipinski definition) is 9. The predicted molar refractivity (Wildman–Crippen MR) is 508 cm³/mol. The number of aromatic amines is 3. The Labute approximate surface area is 772 Å². The largest absolute Gasteiger partial charge is 0.445 e. The highest BCUT2D eigenvalue weighted by atomic mass is 35.5. The molecule has 12 aromatic rings. The zero-order valence-corrected chi connectivity index (χ0v) is 76.0. The van der Waals surface area contributed by atoms with Gasteiger partial charge in [0.15, 0.2) is 0 Å². The van der Waals surface area contributed by atoms with Crippen molar-refractivity contribution < 1.29 is 28.6 Å². The first-order chi connectivity index (χ1) is 62.9. The van der Waals surface area contributed by atoms with Crippen molar-refractivity contribution in [3.05, 3.63) is 219 Å². The Morgan fingerprint density at radius 3 is 1.01 bits per heavy atom. The number of benzene rings is 6. The maximum absolute atomic E-state index is 12.4. The third kappa shape index (κ3) is 20.9. The van der Waals surface area contributed by atoms with Crippen molar-refractivity contribution in [2.24, 2.45) is 38.5 Å². The number of aromatic nitrogens is 12.